The van der Waals surface area contributed by atoms with Gasteiger partial charge < -0.3 is 20.7 Å². The fourth-order valence-electron chi connectivity index (χ4n) is 3.17. The molecule has 1 aromatic carbocycles. The van der Waals surface area contributed by atoms with Gasteiger partial charge in [-0.2, -0.15) is 0 Å². The second-order valence-electron chi connectivity index (χ2n) is 7.95. The highest BCUT2D eigenvalue weighted by atomic mass is 127. The van der Waals surface area contributed by atoms with E-state index in [0.29, 0.717) is 12.5 Å². The maximum atomic E-state index is 12.1. The van der Waals surface area contributed by atoms with Gasteiger partial charge in [0.15, 0.2) is 5.96 Å². The maximum Gasteiger partial charge on any atom is 0.242 e. The third kappa shape index (κ3) is 9.77. The number of morpholine rings is 1. The number of hydrogen-bond donors (Lipinski definition) is 3. The average molecular weight is 517 g/mol. The minimum absolute atomic E-state index is 0. The quantitative estimate of drug-likeness (QED) is 0.294. The highest BCUT2D eigenvalue weighted by Gasteiger charge is 2.22. The fraction of sp³-hybridized carbons (Fsp3) is 0.619. The summed E-state index contributed by atoms with van der Waals surface area (Å²) in [6.07, 6.45) is 0. The molecule has 1 aromatic rings. The summed E-state index contributed by atoms with van der Waals surface area (Å²) in [5.41, 5.74) is 1.01. The number of benzene rings is 1. The Morgan fingerprint density at radius 1 is 1.17 bits per heavy atom. The fourth-order valence-corrected chi connectivity index (χ4v) is 3.17. The molecule has 1 aliphatic rings. The van der Waals surface area contributed by atoms with E-state index in [0.717, 1.165) is 32.8 Å². The summed E-state index contributed by atoms with van der Waals surface area (Å²) in [6, 6.07) is 10.7. The lowest BCUT2D eigenvalue weighted by Crippen LogP contribution is -2.47. The van der Waals surface area contributed by atoms with Gasteiger partial charge in [-0.15, -0.1) is 24.0 Å². The Balaban J connectivity index is 0.00000420. The lowest BCUT2D eigenvalue weighted by atomic mass is 10.0. The van der Waals surface area contributed by atoms with Gasteiger partial charge in [-0.05, 0) is 33.3 Å². The topological polar surface area (TPSA) is 78.0 Å². The van der Waals surface area contributed by atoms with Crippen molar-refractivity contribution in [3.05, 3.63) is 35.9 Å². The van der Waals surface area contributed by atoms with Gasteiger partial charge in [0.05, 0.1) is 19.3 Å². The van der Waals surface area contributed by atoms with Crippen molar-refractivity contribution in [2.75, 3.05) is 45.9 Å². The van der Waals surface area contributed by atoms with Gasteiger partial charge in [0.1, 0.15) is 6.54 Å². The minimum atomic E-state index is -0.257. The number of carbonyl (C=O) groups excluding carboxylic acids is 1. The van der Waals surface area contributed by atoms with Crippen molar-refractivity contribution in [2.45, 2.75) is 39.3 Å². The summed E-state index contributed by atoms with van der Waals surface area (Å²) in [4.78, 5) is 19.0. The number of ether oxygens (including phenoxy) is 1. The molecule has 1 heterocycles. The van der Waals surface area contributed by atoms with Gasteiger partial charge >= 0.3 is 0 Å². The molecule has 164 valence electrons. The van der Waals surface area contributed by atoms with Gasteiger partial charge in [-0.25, -0.2) is 4.99 Å². The first-order chi connectivity index (χ1) is 13.4. The van der Waals surface area contributed by atoms with Crippen molar-refractivity contribution in [3.8, 4) is 0 Å². The van der Waals surface area contributed by atoms with Crippen LogP contribution in [0.5, 0.6) is 0 Å². The zero-order valence-corrected chi connectivity index (χ0v) is 20.4. The van der Waals surface area contributed by atoms with Crippen molar-refractivity contribution in [2.24, 2.45) is 4.99 Å². The Kier molecular flexibility index (Phi) is 11.5. The molecule has 1 amide bonds. The molecule has 1 aliphatic heterocycles. The minimum Gasteiger partial charge on any atom is -0.379 e. The molecule has 1 saturated heterocycles. The summed E-state index contributed by atoms with van der Waals surface area (Å²) >= 11 is 0. The molecule has 29 heavy (non-hydrogen) atoms. The van der Waals surface area contributed by atoms with Gasteiger partial charge in [-0.3, -0.25) is 9.69 Å². The van der Waals surface area contributed by atoms with E-state index in [-0.39, 0.29) is 48.0 Å². The number of hydrogen-bond acceptors (Lipinski definition) is 4. The number of carbonyl (C=O) groups is 1. The lowest BCUT2D eigenvalue weighted by Gasteiger charge is -2.35. The molecule has 1 fully saturated rings. The van der Waals surface area contributed by atoms with Crippen LogP contribution < -0.4 is 16.0 Å². The molecule has 0 aliphatic carbocycles. The van der Waals surface area contributed by atoms with Crippen LogP contribution in [-0.2, 0) is 9.53 Å². The van der Waals surface area contributed by atoms with Gasteiger partial charge in [0, 0.05) is 31.7 Å². The van der Waals surface area contributed by atoms with Gasteiger partial charge in [0.25, 0.3) is 0 Å². The van der Waals surface area contributed by atoms with Crippen LogP contribution in [0.2, 0.25) is 0 Å². The standard InChI is InChI=1S/C21H35N5O2.HI/c1-5-22-20(24-16-19(27)25-21(2,3)4)23-15-18(17-9-7-6-8-10-17)26-11-13-28-14-12-26;/h6-10,18H,5,11-16H2,1-4H3,(H,25,27)(H2,22,23,24);1H. The summed E-state index contributed by atoms with van der Waals surface area (Å²) in [5, 5.41) is 9.57. The Labute approximate surface area is 192 Å². The molecule has 7 nitrogen and oxygen atoms in total. The molecule has 1 atom stereocenters. The van der Waals surface area contributed by atoms with Crippen LogP contribution in [0.1, 0.15) is 39.3 Å². The Morgan fingerprint density at radius 2 is 1.83 bits per heavy atom. The molecule has 1 unspecified atom stereocenters. The highest BCUT2D eigenvalue weighted by Crippen LogP contribution is 2.20. The molecule has 0 spiro atoms. The number of guanidine groups is 1. The van der Waals surface area contributed by atoms with Crippen LogP contribution in [0, 0.1) is 0 Å². The molecule has 8 heteroatoms. The zero-order valence-electron chi connectivity index (χ0n) is 18.0. The first kappa shape index (κ1) is 25.6. The van der Waals surface area contributed by atoms with Crippen molar-refractivity contribution in [1.29, 1.82) is 0 Å². The predicted octanol–water partition coefficient (Wildman–Crippen LogP) is 2.15. The monoisotopic (exact) mass is 517 g/mol. The molecule has 0 radical (unpaired) electrons. The zero-order chi connectivity index (χ0) is 20.4. The number of amides is 1. The van der Waals surface area contributed by atoms with E-state index in [1.165, 1.54) is 5.56 Å². The highest BCUT2D eigenvalue weighted by molar-refractivity contribution is 14.0. The maximum absolute atomic E-state index is 12.1. The smallest absolute Gasteiger partial charge is 0.242 e. The van der Waals surface area contributed by atoms with E-state index in [4.69, 9.17) is 4.74 Å². The van der Waals surface area contributed by atoms with Gasteiger partial charge in [-0.1, -0.05) is 30.3 Å². The van der Waals surface area contributed by atoms with E-state index in [1.807, 2.05) is 33.8 Å². The van der Waals surface area contributed by atoms with E-state index in [9.17, 15) is 4.79 Å². The number of aliphatic imine (C=N–C) groups is 1. The third-order valence-corrected chi connectivity index (χ3v) is 4.37. The number of halogens is 1. The first-order valence-corrected chi connectivity index (χ1v) is 10.1. The lowest BCUT2D eigenvalue weighted by molar-refractivity contribution is -0.121. The van der Waals surface area contributed by atoms with Crippen molar-refractivity contribution < 1.29 is 9.53 Å². The van der Waals surface area contributed by atoms with Crippen LogP contribution in [0.25, 0.3) is 0 Å². The number of rotatable bonds is 7. The largest absolute Gasteiger partial charge is 0.379 e. The Morgan fingerprint density at radius 3 is 2.41 bits per heavy atom. The number of nitrogens with zero attached hydrogens (tertiary/aromatic N) is 2. The van der Waals surface area contributed by atoms with Gasteiger partial charge in [0.2, 0.25) is 5.91 Å². The normalized spacial score (nSPS) is 16.5. The molecule has 0 saturated carbocycles. The molecule has 0 aromatic heterocycles. The van der Waals surface area contributed by atoms with Crippen LogP contribution in [-0.4, -0.2) is 68.2 Å². The Bertz CT molecular complexity index is 628. The van der Waals surface area contributed by atoms with Crippen molar-refractivity contribution in [1.82, 2.24) is 20.9 Å². The van der Waals surface area contributed by atoms with Crippen LogP contribution in [0.4, 0.5) is 0 Å². The van der Waals surface area contributed by atoms with E-state index >= 15 is 0 Å². The summed E-state index contributed by atoms with van der Waals surface area (Å²) in [6.45, 7) is 12.8. The third-order valence-electron chi connectivity index (χ3n) is 4.37. The summed E-state index contributed by atoms with van der Waals surface area (Å²) in [7, 11) is 0. The SMILES string of the molecule is CCNC(=NCC(=O)NC(C)(C)C)NCC(c1ccccc1)N1CCOCC1.I. The molecule has 0 bridgehead atoms. The summed E-state index contributed by atoms with van der Waals surface area (Å²) < 4.78 is 5.51. The average Bonchev–Trinajstić information content (AvgIpc) is 2.66. The summed E-state index contributed by atoms with van der Waals surface area (Å²) in [5.74, 6) is 0.568. The van der Waals surface area contributed by atoms with Crippen molar-refractivity contribution in [3.63, 3.8) is 0 Å². The van der Waals surface area contributed by atoms with E-state index in [2.05, 4.69) is 50.1 Å². The van der Waals surface area contributed by atoms with Crippen LogP contribution >= 0.6 is 24.0 Å². The van der Waals surface area contributed by atoms with Crippen LogP contribution in [0.3, 0.4) is 0 Å². The Hall–Kier alpha value is -1.39. The predicted molar refractivity (Wildman–Crippen MR) is 129 cm³/mol. The molecular formula is C21H36IN5O2. The number of nitrogens with one attached hydrogen (secondary N) is 3. The second kappa shape index (κ2) is 13.0. The molecule has 2 rings (SSSR count). The molecular weight excluding hydrogens is 481 g/mol. The second-order valence-corrected chi connectivity index (χ2v) is 7.95. The molecule has 3 N–H and O–H groups in total. The van der Waals surface area contributed by atoms with E-state index in [1.54, 1.807) is 0 Å². The van der Waals surface area contributed by atoms with Crippen molar-refractivity contribution >= 4 is 35.8 Å². The van der Waals surface area contributed by atoms with Crippen LogP contribution in [0.15, 0.2) is 35.3 Å². The van der Waals surface area contributed by atoms with E-state index < -0.39 is 0 Å². The first-order valence-electron chi connectivity index (χ1n) is 10.1.